The Kier molecular flexibility index (Phi) is 4.32. The quantitative estimate of drug-likeness (QED) is 0.769. The van der Waals surface area contributed by atoms with E-state index in [9.17, 15) is 0 Å². The van der Waals surface area contributed by atoms with Crippen LogP contribution in [0.5, 0.6) is 0 Å². The Balaban J connectivity index is 2.58. The molecule has 0 aliphatic rings. The third-order valence-electron chi connectivity index (χ3n) is 3.62. The molecule has 20 heavy (non-hydrogen) atoms. The molecule has 1 heterocycles. The summed E-state index contributed by atoms with van der Waals surface area (Å²) in [7, 11) is 0. The Labute approximate surface area is 122 Å². The lowest BCUT2D eigenvalue weighted by atomic mass is 9.97. The zero-order valence-corrected chi connectivity index (χ0v) is 13.6. The molecular formula is C18H26N2. The van der Waals surface area contributed by atoms with Crippen LogP contribution in [-0.4, -0.2) is 9.78 Å². The van der Waals surface area contributed by atoms with Crippen LogP contribution in [-0.2, 0) is 6.42 Å². The van der Waals surface area contributed by atoms with E-state index >= 15 is 0 Å². The summed E-state index contributed by atoms with van der Waals surface area (Å²) in [5, 5.41) is 4.78. The molecule has 0 aliphatic heterocycles. The maximum Gasteiger partial charge on any atom is 0.0675 e. The van der Waals surface area contributed by atoms with Gasteiger partial charge in [0.05, 0.1) is 5.69 Å². The minimum absolute atomic E-state index is 0.404. The largest absolute Gasteiger partial charge is 0.266 e. The SMILES string of the molecule is Cc1ccc(-c2c(C)nn(C(C)C)c2CC(C)C)cc1. The van der Waals surface area contributed by atoms with Crippen LogP contribution in [0.25, 0.3) is 11.1 Å². The first-order valence-corrected chi connectivity index (χ1v) is 7.55. The second-order valence-electron chi connectivity index (χ2n) is 6.41. The topological polar surface area (TPSA) is 17.8 Å². The van der Waals surface area contributed by atoms with E-state index in [0.29, 0.717) is 12.0 Å². The molecule has 0 spiro atoms. The summed E-state index contributed by atoms with van der Waals surface area (Å²) >= 11 is 0. The lowest BCUT2D eigenvalue weighted by molar-refractivity contribution is 0.487. The van der Waals surface area contributed by atoms with E-state index in [-0.39, 0.29) is 0 Å². The molecule has 0 N–H and O–H groups in total. The first-order valence-electron chi connectivity index (χ1n) is 7.55. The Morgan fingerprint density at radius 3 is 2.10 bits per heavy atom. The van der Waals surface area contributed by atoms with Crippen LogP contribution in [0.1, 0.15) is 50.7 Å². The molecule has 2 heteroatoms. The molecule has 2 aromatic rings. The number of hydrogen-bond donors (Lipinski definition) is 0. The summed E-state index contributed by atoms with van der Waals surface area (Å²) in [5.74, 6) is 0.632. The summed E-state index contributed by atoms with van der Waals surface area (Å²) in [4.78, 5) is 0. The first kappa shape index (κ1) is 14.8. The minimum Gasteiger partial charge on any atom is -0.266 e. The molecule has 0 radical (unpaired) electrons. The average molecular weight is 270 g/mol. The summed E-state index contributed by atoms with van der Waals surface area (Å²) in [5.41, 5.74) is 6.42. The van der Waals surface area contributed by atoms with Crippen molar-refractivity contribution in [3.63, 3.8) is 0 Å². The average Bonchev–Trinajstić information content (AvgIpc) is 2.67. The zero-order chi connectivity index (χ0) is 14.9. The summed E-state index contributed by atoms with van der Waals surface area (Å²) < 4.78 is 2.20. The van der Waals surface area contributed by atoms with E-state index in [0.717, 1.165) is 12.1 Å². The van der Waals surface area contributed by atoms with Gasteiger partial charge < -0.3 is 0 Å². The molecule has 1 aromatic carbocycles. The van der Waals surface area contributed by atoms with Crippen molar-refractivity contribution in [2.24, 2.45) is 5.92 Å². The fraction of sp³-hybridized carbons (Fsp3) is 0.500. The van der Waals surface area contributed by atoms with Crippen LogP contribution in [0.2, 0.25) is 0 Å². The molecule has 0 fully saturated rings. The van der Waals surface area contributed by atoms with Crippen molar-refractivity contribution in [3.8, 4) is 11.1 Å². The molecule has 0 atom stereocenters. The highest BCUT2D eigenvalue weighted by Crippen LogP contribution is 2.31. The fourth-order valence-electron chi connectivity index (χ4n) is 2.70. The molecule has 2 nitrogen and oxygen atoms in total. The summed E-state index contributed by atoms with van der Waals surface area (Å²) in [6, 6.07) is 9.20. The lowest BCUT2D eigenvalue weighted by Gasteiger charge is -2.14. The lowest BCUT2D eigenvalue weighted by Crippen LogP contribution is -2.10. The molecule has 108 valence electrons. The van der Waals surface area contributed by atoms with E-state index in [2.05, 4.69) is 70.5 Å². The van der Waals surface area contributed by atoms with Gasteiger partial charge in [0, 0.05) is 17.3 Å². The first-order chi connectivity index (χ1) is 9.40. The highest BCUT2D eigenvalue weighted by atomic mass is 15.3. The Morgan fingerprint density at radius 2 is 1.60 bits per heavy atom. The van der Waals surface area contributed by atoms with Crippen LogP contribution in [0, 0.1) is 19.8 Å². The standard InChI is InChI=1S/C18H26N2/c1-12(2)11-17-18(15(6)19-20(17)13(3)4)16-9-7-14(5)8-10-16/h7-10,12-13H,11H2,1-6H3. The number of benzene rings is 1. The second kappa shape index (κ2) is 5.82. The van der Waals surface area contributed by atoms with Gasteiger partial charge in [-0.25, -0.2) is 0 Å². The summed E-state index contributed by atoms with van der Waals surface area (Å²) in [6.45, 7) is 13.2. The van der Waals surface area contributed by atoms with Gasteiger partial charge in [0.1, 0.15) is 0 Å². The molecule has 0 amide bonds. The third kappa shape index (κ3) is 2.95. The molecule has 0 bridgehead atoms. The fourth-order valence-corrected chi connectivity index (χ4v) is 2.70. The van der Waals surface area contributed by atoms with Crippen LogP contribution in [0.4, 0.5) is 0 Å². The van der Waals surface area contributed by atoms with Gasteiger partial charge in [-0.1, -0.05) is 43.7 Å². The second-order valence-corrected chi connectivity index (χ2v) is 6.41. The van der Waals surface area contributed by atoms with Gasteiger partial charge in [-0.05, 0) is 45.6 Å². The van der Waals surface area contributed by atoms with Gasteiger partial charge in [0.15, 0.2) is 0 Å². The van der Waals surface area contributed by atoms with Crippen LogP contribution < -0.4 is 0 Å². The number of aryl methyl sites for hydroxylation is 2. The van der Waals surface area contributed by atoms with Crippen LogP contribution >= 0.6 is 0 Å². The molecule has 0 saturated carbocycles. The highest BCUT2D eigenvalue weighted by Gasteiger charge is 2.19. The molecule has 0 saturated heterocycles. The smallest absolute Gasteiger partial charge is 0.0675 e. The van der Waals surface area contributed by atoms with Crippen molar-refractivity contribution in [2.75, 3.05) is 0 Å². The number of aromatic nitrogens is 2. The number of nitrogens with zero attached hydrogens (tertiary/aromatic N) is 2. The van der Waals surface area contributed by atoms with Crippen molar-refractivity contribution in [1.29, 1.82) is 0 Å². The van der Waals surface area contributed by atoms with E-state index in [1.165, 1.54) is 22.4 Å². The maximum atomic E-state index is 4.78. The van der Waals surface area contributed by atoms with E-state index in [1.807, 2.05) is 0 Å². The van der Waals surface area contributed by atoms with Crippen molar-refractivity contribution in [1.82, 2.24) is 9.78 Å². The summed E-state index contributed by atoms with van der Waals surface area (Å²) in [6.07, 6.45) is 1.07. The molecule has 2 rings (SSSR count). The van der Waals surface area contributed by atoms with Gasteiger partial charge in [-0.15, -0.1) is 0 Å². The molecule has 1 aromatic heterocycles. The zero-order valence-electron chi connectivity index (χ0n) is 13.6. The third-order valence-corrected chi connectivity index (χ3v) is 3.62. The van der Waals surface area contributed by atoms with Crippen molar-refractivity contribution in [2.45, 2.75) is 54.0 Å². The normalized spacial score (nSPS) is 11.6. The number of rotatable bonds is 4. The van der Waals surface area contributed by atoms with Gasteiger partial charge in [0.25, 0.3) is 0 Å². The van der Waals surface area contributed by atoms with Gasteiger partial charge in [-0.2, -0.15) is 5.10 Å². The van der Waals surface area contributed by atoms with Gasteiger partial charge in [-0.3, -0.25) is 4.68 Å². The monoisotopic (exact) mass is 270 g/mol. The predicted molar refractivity (Wildman–Crippen MR) is 86.1 cm³/mol. The van der Waals surface area contributed by atoms with Crippen molar-refractivity contribution < 1.29 is 0 Å². The molecule has 0 unspecified atom stereocenters. The van der Waals surface area contributed by atoms with Gasteiger partial charge in [0.2, 0.25) is 0 Å². The van der Waals surface area contributed by atoms with E-state index in [1.54, 1.807) is 0 Å². The minimum atomic E-state index is 0.404. The Bertz CT molecular complexity index is 574. The van der Waals surface area contributed by atoms with Crippen LogP contribution in [0.15, 0.2) is 24.3 Å². The molecule has 0 aliphatic carbocycles. The van der Waals surface area contributed by atoms with E-state index in [4.69, 9.17) is 5.10 Å². The number of hydrogen-bond acceptors (Lipinski definition) is 1. The Hall–Kier alpha value is -1.57. The highest BCUT2D eigenvalue weighted by molar-refractivity contribution is 5.69. The van der Waals surface area contributed by atoms with Crippen molar-refractivity contribution >= 4 is 0 Å². The maximum absolute atomic E-state index is 4.78. The van der Waals surface area contributed by atoms with Gasteiger partial charge >= 0.3 is 0 Å². The van der Waals surface area contributed by atoms with Crippen LogP contribution in [0.3, 0.4) is 0 Å². The Morgan fingerprint density at radius 1 is 1.00 bits per heavy atom. The molecular weight excluding hydrogens is 244 g/mol. The van der Waals surface area contributed by atoms with Crippen molar-refractivity contribution in [3.05, 3.63) is 41.2 Å². The predicted octanol–water partition coefficient (Wildman–Crippen LogP) is 4.95. The van der Waals surface area contributed by atoms with E-state index < -0.39 is 0 Å².